The maximum atomic E-state index is 14.4. The van der Waals surface area contributed by atoms with Gasteiger partial charge in [-0.15, -0.1) is 0 Å². The summed E-state index contributed by atoms with van der Waals surface area (Å²) in [4.78, 5) is 30.7. The highest BCUT2D eigenvalue weighted by Gasteiger charge is 2.37. The fraction of sp³-hybridized carbons (Fsp3) is 0.370. The van der Waals surface area contributed by atoms with Crippen LogP contribution in [0.5, 0.6) is 0 Å². The molecule has 6 rings (SSSR count). The van der Waals surface area contributed by atoms with Crippen LogP contribution in [-0.2, 0) is 6.54 Å². The quantitative estimate of drug-likeness (QED) is 0.558. The number of rotatable bonds is 4. The van der Waals surface area contributed by atoms with E-state index in [2.05, 4.69) is 49.6 Å². The molecule has 4 heterocycles. The fourth-order valence-corrected chi connectivity index (χ4v) is 5.41. The Morgan fingerprint density at radius 2 is 1.84 bits per heavy atom. The summed E-state index contributed by atoms with van der Waals surface area (Å²) in [7, 11) is 3.88. The van der Waals surface area contributed by atoms with Crippen molar-refractivity contribution in [2.45, 2.75) is 19.0 Å². The van der Waals surface area contributed by atoms with Crippen LogP contribution in [0.4, 0.5) is 38.0 Å². The van der Waals surface area contributed by atoms with Crippen LogP contribution >= 0.6 is 0 Å². The Labute approximate surface area is 215 Å². The number of piperazine rings is 1. The van der Waals surface area contributed by atoms with E-state index in [0.29, 0.717) is 37.0 Å². The third-order valence-corrected chi connectivity index (χ3v) is 7.53. The number of halogens is 1. The van der Waals surface area contributed by atoms with Crippen LogP contribution in [0.15, 0.2) is 48.7 Å². The summed E-state index contributed by atoms with van der Waals surface area (Å²) in [5.41, 5.74) is 4.23. The summed E-state index contributed by atoms with van der Waals surface area (Å²) < 4.78 is 14.4. The van der Waals surface area contributed by atoms with Gasteiger partial charge < -0.3 is 25.3 Å². The molecule has 2 amide bonds. The standard InChI is InChI=1S/C27H31FN8O/c1-33-12-14-35(15-13-33)20-8-6-19(7-9-20)31-26-30-16-18-17-36(27(37)34(2)25(18)32-26)23-10-11-29-24-21(23)4-3-5-22(24)28/h3-9,16,23,29H,10-15,17H2,1-2H3,(H,30,31,32). The number of para-hydroxylation sites is 1. The number of likely N-dealkylation sites (N-methyl/N-ethyl adjacent to an activating group) is 1. The van der Waals surface area contributed by atoms with E-state index in [4.69, 9.17) is 0 Å². The summed E-state index contributed by atoms with van der Waals surface area (Å²) in [6.07, 6.45) is 2.47. The highest BCUT2D eigenvalue weighted by Crippen LogP contribution is 2.39. The second-order valence-corrected chi connectivity index (χ2v) is 9.91. The second kappa shape index (κ2) is 9.51. The molecule has 1 fully saturated rings. The zero-order valence-electron chi connectivity index (χ0n) is 21.1. The van der Waals surface area contributed by atoms with Gasteiger partial charge >= 0.3 is 6.03 Å². The predicted octanol–water partition coefficient (Wildman–Crippen LogP) is 4.04. The first-order valence-corrected chi connectivity index (χ1v) is 12.7. The second-order valence-electron chi connectivity index (χ2n) is 9.91. The number of amides is 2. The minimum absolute atomic E-state index is 0.157. The lowest BCUT2D eigenvalue weighted by Crippen LogP contribution is -2.48. The Bertz CT molecular complexity index is 1310. The van der Waals surface area contributed by atoms with Gasteiger partial charge in [-0.25, -0.2) is 14.2 Å². The van der Waals surface area contributed by atoms with Crippen molar-refractivity contribution in [3.05, 3.63) is 65.6 Å². The first-order chi connectivity index (χ1) is 18.0. The molecular weight excluding hydrogens is 471 g/mol. The Hall–Kier alpha value is -3.92. The molecule has 0 spiro atoms. The number of fused-ring (bicyclic) bond motifs is 2. The third-order valence-electron chi connectivity index (χ3n) is 7.53. The topological polar surface area (TPSA) is 79.9 Å². The van der Waals surface area contributed by atoms with Crippen molar-refractivity contribution < 1.29 is 9.18 Å². The van der Waals surface area contributed by atoms with E-state index in [1.165, 1.54) is 11.8 Å². The molecule has 10 heteroatoms. The molecule has 2 N–H and O–H groups in total. The Morgan fingerprint density at radius 3 is 2.62 bits per heavy atom. The van der Waals surface area contributed by atoms with Crippen molar-refractivity contribution in [1.29, 1.82) is 0 Å². The molecule has 1 aromatic heterocycles. The molecule has 0 aliphatic carbocycles. The van der Waals surface area contributed by atoms with Crippen LogP contribution in [-0.4, -0.2) is 72.6 Å². The number of nitrogens with one attached hydrogen (secondary N) is 2. The van der Waals surface area contributed by atoms with Gasteiger partial charge in [-0.2, -0.15) is 4.98 Å². The van der Waals surface area contributed by atoms with Crippen LogP contribution in [0.1, 0.15) is 23.6 Å². The average molecular weight is 503 g/mol. The predicted molar refractivity (Wildman–Crippen MR) is 143 cm³/mol. The average Bonchev–Trinajstić information content (AvgIpc) is 2.92. The Morgan fingerprint density at radius 1 is 1.05 bits per heavy atom. The van der Waals surface area contributed by atoms with Crippen molar-refractivity contribution in [3.8, 4) is 0 Å². The summed E-state index contributed by atoms with van der Waals surface area (Å²) in [5.74, 6) is 0.728. The summed E-state index contributed by atoms with van der Waals surface area (Å²) in [6, 6.07) is 12.9. The van der Waals surface area contributed by atoms with Gasteiger partial charge in [0.1, 0.15) is 11.6 Å². The molecule has 3 aliphatic rings. The number of carbonyl (C=O) groups is 1. The van der Waals surface area contributed by atoms with Gasteiger partial charge in [0, 0.05) is 68.5 Å². The first-order valence-electron chi connectivity index (χ1n) is 12.7. The lowest BCUT2D eigenvalue weighted by molar-refractivity contribution is 0.169. The van der Waals surface area contributed by atoms with Crippen molar-refractivity contribution in [1.82, 2.24) is 19.8 Å². The van der Waals surface area contributed by atoms with Crippen LogP contribution in [0.25, 0.3) is 0 Å². The lowest BCUT2D eigenvalue weighted by atomic mass is 9.95. The fourth-order valence-electron chi connectivity index (χ4n) is 5.41. The van der Waals surface area contributed by atoms with E-state index < -0.39 is 0 Å². The molecule has 0 radical (unpaired) electrons. The van der Waals surface area contributed by atoms with Gasteiger partial charge in [0.15, 0.2) is 0 Å². The van der Waals surface area contributed by atoms with Gasteiger partial charge in [-0.1, -0.05) is 12.1 Å². The molecular formula is C27H31FN8O. The highest BCUT2D eigenvalue weighted by atomic mass is 19.1. The monoisotopic (exact) mass is 502 g/mol. The van der Waals surface area contributed by atoms with Gasteiger partial charge in [-0.05, 0) is 43.8 Å². The van der Waals surface area contributed by atoms with Crippen LogP contribution in [0, 0.1) is 5.82 Å². The highest BCUT2D eigenvalue weighted by molar-refractivity contribution is 5.93. The van der Waals surface area contributed by atoms with Crippen molar-refractivity contribution in [2.75, 3.05) is 67.3 Å². The SMILES string of the molecule is CN1CCN(c2ccc(Nc3ncc4c(n3)N(C)C(=O)N(C3CCNc5c(F)cccc53)C4)cc2)CC1. The molecule has 37 heavy (non-hydrogen) atoms. The lowest BCUT2D eigenvalue weighted by Gasteiger charge is -2.41. The number of hydrogen-bond acceptors (Lipinski definition) is 7. The molecule has 1 unspecified atom stereocenters. The first kappa shape index (κ1) is 23.5. The van der Waals surface area contributed by atoms with E-state index >= 15 is 0 Å². The summed E-state index contributed by atoms with van der Waals surface area (Å²) in [6.45, 7) is 5.14. The van der Waals surface area contributed by atoms with Crippen LogP contribution < -0.4 is 20.4 Å². The Balaban J connectivity index is 1.19. The smallest absolute Gasteiger partial charge is 0.326 e. The van der Waals surface area contributed by atoms with Crippen molar-refractivity contribution >= 4 is 34.9 Å². The van der Waals surface area contributed by atoms with E-state index in [1.807, 2.05) is 18.2 Å². The van der Waals surface area contributed by atoms with E-state index in [0.717, 1.165) is 43.0 Å². The zero-order valence-corrected chi connectivity index (χ0v) is 21.1. The molecule has 0 bridgehead atoms. The summed E-state index contributed by atoms with van der Waals surface area (Å²) >= 11 is 0. The summed E-state index contributed by atoms with van der Waals surface area (Å²) in [5, 5.41) is 6.41. The number of benzene rings is 2. The van der Waals surface area contributed by atoms with Gasteiger partial charge in [0.25, 0.3) is 0 Å². The number of urea groups is 1. The molecule has 1 atom stereocenters. The molecule has 192 valence electrons. The molecule has 3 aromatic rings. The Kier molecular flexibility index (Phi) is 6.03. The molecule has 0 saturated carbocycles. The van der Waals surface area contributed by atoms with Crippen molar-refractivity contribution in [3.63, 3.8) is 0 Å². The minimum Gasteiger partial charge on any atom is -0.382 e. The van der Waals surface area contributed by atoms with Gasteiger partial charge in [0.2, 0.25) is 5.95 Å². The number of carbonyl (C=O) groups excluding carboxylic acids is 1. The zero-order chi connectivity index (χ0) is 25.5. The largest absolute Gasteiger partial charge is 0.382 e. The molecule has 2 aromatic carbocycles. The number of aromatic nitrogens is 2. The van der Waals surface area contributed by atoms with E-state index in [1.54, 1.807) is 29.1 Å². The number of nitrogens with zero attached hydrogens (tertiary/aromatic N) is 6. The third kappa shape index (κ3) is 4.42. The van der Waals surface area contributed by atoms with E-state index in [9.17, 15) is 9.18 Å². The molecule has 9 nitrogen and oxygen atoms in total. The van der Waals surface area contributed by atoms with Gasteiger partial charge in [-0.3, -0.25) is 4.90 Å². The van der Waals surface area contributed by atoms with Crippen LogP contribution in [0.3, 0.4) is 0 Å². The molecule has 3 aliphatic heterocycles. The van der Waals surface area contributed by atoms with E-state index in [-0.39, 0.29) is 17.9 Å². The minimum atomic E-state index is -0.295. The number of hydrogen-bond donors (Lipinski definition) is 2. The number of anilines is 5. The maximum Gasteiger partial charge on any atom is 0.326 e. The van der Waals surface area contributed by atoms with Crippen LogP contribution in [0.2, 0.25) is 0 Å². The maximum absolute atomic E-state index is 14.4. The van der Waals surface area contributed by atoms with Crippen molar-refractivity contribution in [2.24, 2.45) is 0 Å². The molecule has 1 saturated heterocycles. The normalized spacial score (nSPS) is 19.8. The van der Waals surface area contributed by atoms with Gasteiger partial charge in [0.05, 0.1) is 18.3 Å².